The first-order chi connectivity index (χ1) is 24.8. The summed E-state index contributed by atoms with van der Waals surface area (Å²) >= 11 is 0. The van der Waals surface area contributed by atoms with Gasteiger partial charge >= 0.3 is 18.0 Å². The van der Waals surface area contributed by atoms with E-state index in [0.717, 1.165) is 71.9 Å². The zero-order valence-electron chi connectivity index (χ0n) is 31.3. The van der Waals surface area contributed by atoms with E-state index in [1.165, 1.54) is 13.8 Å². The summed E-state index contributed by atoms with van der Waals surface area (Å²) in [4.78, 5) is 38.2. The van der Waals surface area contributed by atoms with Gasteiger partial charge in [0.2, 0.25) is 0 Å². The van der Waals surface area contributed by atoms with Crippen LogP contribution in [0, 0.1) is 0 Å². The molecule has 0 bridgehead atoms. The average Bonchev–Trinajstić information content (AvgIpc) is 3.08. The summed E-state index contributed by atoms with van der Waals surface area (Å²) in [5.41, 5.74) is 4.73. The van der Waals surface area contributed by atoms with Gasteiger partial charge in [0.05, 0.1) is 6.67 Å². The molecule has 1 amide bonds. The normalized spacial score (nSPS) is 14.1. The molecule has 0 aromatic heterocycles. The minimum atomic E-state index is -0.592. The van der Waals surface area contributed by atoms with Crippen LogP contribution in [0.2, 0.25) is 0 Å². The summed E-state index contributed by atoms with van der Waals surface area (Å²) in [7, 11) is 0. The molecule has 3 aromatic rings. The fourth-order valence-electron chi connectivity index (χ4n) is 6.12. The number of nitrogens with zero attached hydrogens (tertiary/aromatic N) is 1. The van der Waals surface area contributed by atoms with Crippen molar-refractivity contribution in [2.45, 2.75) is 98.2 Å². The second-order valence-electron chi connectivity index (χ2n) is 14.1. The highest BCUT2D eigenvalue weighted by Crippen LogP contribution is 2.47. The van der Waals surface area contributed by atoms with Gasteiger partial charge in [0, 0.05) is 38.1 Å². The lowest BCUT2D eigenvalue weighted by atomic mass is 9.86. The zero-order valence-corrected chi connectivity index (χ0v) is 31.3. The van der Waals surface area contributed by atoms with E-state index in [0.29, 0.717) is 36.8 Å². The third-order valence-electron chi connectivity index (χ3n) is 8.52. The molecule has 9 heteroatoms. The zero-order chi connectivity index (χ0) is 37.7. The summed E-state index contributed by atoms with van der Waals surface area (Å²) in [6, 6.07) is 20.7. The third kappa shape index (κ3) is 12.1. The van der Waals surface area contributed by atoms with Crippen LogP contribution >= 0.6 is 0 Å². The largest absolute Gasteiger partial charge is 0.480 e. The van der Waals surface area contributed by atoms with Gasteiger partial charge in [0.25, 0.3) is 0 Å². The maximum atomic E-state index is 13.0. The number of fused-ring (bicyclic) bond motifs is 1. The Labute approximate surface area is 307 Å². The quantitative estimate of drug-likeness (QED) is 0.0829. The lowest BCUT2D eigenvalue weighted by Crippen LogP contribution is -2.37. The van der Waals surface area contributed by atoms with Gasteiger partial charge < -0.3 is 23.8 Å². The second kappa shape index (κ2) is 19.1. The van der Waals surface area contributed by atoms with E-state index in [4.69, 9.17) is 18.9 Å². The minimum absolute atomic E-state index is 0.248. The van der Waals surface area contributed by atoms with Crippen molar-refractivity contribution in [2.24, 2.45) is 0 Å². The monoisotopic (exact) mass is 713 g/mol. The highest BCUT2D eigenvalue weighted by molar-refractivity contribution is 5.96. The summed E-state index contributed by atoms with van der Waals surface area (Å²) in [6.45, 7) is 11.1. The first kappa shape index (κ1) is 39.9. The molecule has 1 heterocycles. The van der Waals surface area contributed by atoms with E-state index in [1.807, 2.05) is 82.3 Å². The molecule has 0 saturated carbocycles. The Bertz CT molecular complexity index is 1740. The van der Waals surface area contributed by atoms with Crippen LogP contribution in [0.4, 0.5) is 9.18 Å². The van der Waals surface area contributed by atoms with Crippen LogP contribution in [0.15, 0.2) is 72.8 Å². The predicted octanol–water partition coefficient (Wildman–Crippen LogP) is 10.6. The topological polar surface area (TPSA) is 91.4 Å². The molecule has 52 heavy (non-hydrogen) atoms. The fourth-order valence-corrected chi connectivity index (χ4v) is 6.12. The number of carbonyl (C=O) groups excluding carboxylic acids is 3. The molecule has 278 valence electrons. The molecule has 0 fully saturated rings. The van der Waals surface area contributed by atoms with Crippen molar-refractivity contribution in [3.63, 3.8) is 0 Å². The number of unbranched alkanes of at least 4 members (excludes halogenated alkanes) is 6. The Balaban J connectivity index is 1.53. The van der Waals surface area contributed by atoms with Crippen LogP contribution in [0.25, 0.3) is 17.2 Å². The Morgan fingerprint density at radius 3 is 2.10 bits per heavy atom. The average molecular weight is 714 g/mol. The molecular weight excluding hydrogens is 661 g/mol. The molecule has 3 aromatic carbocycles. The van der Waals surface area contributed by atoms with Gasteiger partial charge in [-0.05, 0) is 93.1 Å². The molecule has 1 unspecified atom stereocenters. The number of esters is 2. The molecule has 8 nitrogen and oxygen atoms in total. The molecule has 4 rings (SSSR count). The Morgan fingerprint density at radius 2 is 1.46 bits per heavy atom. The van der Waals surface area contributed by atoms with E-state index >= 15 is 0 Å². The number of alkyl halides is 1. The highest BCUT2D eigenvalue weighted by atomic mass is 19.1. The predicted molar refractivity (Wildman–Crippen MR) is 203 cm³/mol. The molecule has 0 radical (unpaired) electrons. The van der Waals surface area contributed by atoms with Crippen molar-refractivity contribution >= 4 is 35.3 Å². The number of benzene rings is 3. The van der Waals surface area contributed by atoms with Gasteiger partial charge in [-0.3, -0.25) is 14.0 Å². The van der Waals surface area contributed by atoms with Crippen molar-refractivity contribution < 1.29 is 37.7 Å². The second-order valence-corrected chi connectivity index (χ2v) is 14.1. The van der Waals surface area contributed by atoms with Crippen LogP contribution < -0.4 is 14.2 Å². The lowest BCUT2D eigenvalue weighted by molar-refractivity contribution is -0.132. The van der Waals surface area contributed by atoms with Gasteiger partial charge in [0.15, 0.2) is 0 Å². The lowest BCUT2D eigenvalue weighted by Gasteiger charge is -2.31. The van der Waals surface area contributed by atoms with E-state index in [-0.39, 0.29) is 12.8 Å². The molecule has 0 saturated heterocycles. The van der Waals surface area contributed by atoms with Gasteiger partial charge in [-0.1, -0.05) is 80.7 Å². The third-order valence-corrected chi connectivity index (χ3v) is 8.52. The van der Waals surface area contributed by atoms with E-state index in [9.17, 15) is 18.8 Å². The Kier molecular flexibility index (Phi) is 14.6. The van der Waals surface area contributed by atoms with Crippen molar-refractivity contribution in [1.82, 2.24) is 4.90 Å². The molecule has 1 aliphatic rings. The van der Waals surface area contributed by atoms with Crippen LogP contribution in [0.5, 0.6) is 17.2 Å². The molecule has 0 N–H and O–H groups in total. The summed E-state index contributed by atoms with van der Waals surface area (Å²) in [5.74, 6) is 0.678. The Hall–Kier alpha value is -4.92. The standard InChI is InChI=1S/C43H52FNO7/c1-30-38-29-37(50-32(3)47)23-24-39(38)51-41(40(30)35-17-14-18-36(28-35)49-31(2)46)34-21-19-33(20-22-34)16-15-27-45(42(48)52-43(4,5)6)26-13-11-9-7-8-10-12-25-44/h14-24,28-29,41H,7-13,25-27H2,1-6H3/b16-15+. The first-order valence-electron chi connectivity index (χ1n) is 18.1. The van der Waals surface area contributed by atoms with E-state index in [1.54, 1.807) is 29.2 Å². The number of hydrogen-bond acceptors (Lipinski definition) is 7. The molecule has 0 spiro atoms. The van der Waals surface area contributed by atoms with Crippen LogP contribution in [0.1, 0.15) is 115 Å². The van der Waals surface area contributed by atoms with Crippen molar-refractivity contribution in [1.29, 1.82) is 0 Å². The highest BCUT2D eigenvalue weighted by Gasteiger charge is 2.30. The number of rotatable bonds is 16. The summed E-state index contributed by atoms with van der Waals surface area (Å²) in [6.07, 6.45) is 9.77. The maximum Gasteiger partial charge on any atom is 0.410 e. The number of halogens is 1. The minimum Gasteiger partial charge on any atom is -0.480 e. The smallest absolute Gasteiger partial charge is 0.410 e. The van der Waals surface area contributed by atoms with Gasteiger partial charge in [0.1, 0.15) is 29.0 Å². The SMILES string of the molecule is CC(=O)Oc1cccc(C2=C(C)c3cc(OC(C)=O)ccc3OC2c2ccc(/C=C/CN(CCCCCCCCCF)C(=O)OC(C)(C)C)cc2)c1. The van der Waals surface area contributed by atoms with Crippen molar-refractivity contribution in [2.75, 3.05) is 19.8 Å². The Morgan fingerprint density at radius 1 is 0.827 bits per heavy atom. The van der Waals surface area contributed by atoms with Gasteiger partial charge in [-0.15, -0.1) is 0 Å². The number of ether oxygens (including phenoxy) is 4. The molecule has 0 aliphatic carbocycles. The summed E-state index contributed by atoms with van der Waals surface area (Å²) in [5, 5.41) is 0. The molecule has 1 aliphatic heterocycles. The molecule has 1 atom stereocenters. The molecular formula is C43H52FNO7. The fraction of sp³-hybridized carbons (Fsp3) is 0.419. The van der Waals surface area contributed by atoms with Gasteiger partial charge in [-0.2, -0.15) is 0 Å². The van der Waals surface area contributed by atoms with Crippen LogP contribution in [-0.4, -0.2) is 48.3 Å². The van der Waals surface area contributed by atoms with E-state index < -0.39 is 23.6 Å². The number of allylic oxidation sites excluding steroid dienone is 1. The first-order valence-corrected chi connectivity index (χ1v) is 18.1. The van der Waals surface area contributed by atoms with Crippen LogP contribution in [-0.2, 0) is 14.3 Å². The van der Waals surface area contributed by atoms with E-state index in [2.05, 4.69) is 0 Å². The number of hydrogen-bond donors (Lipinski definition) is 0. The number of amides is 1. The van der Waals surface area contributed by atoms with Gasteiger partial charge in [-0.25, -0.2) is 4.79 Å². The number of carbonyl (C=O) groups is 3. The van der Waals surface area contributed by atoms with Crippen LogP contribution in [0.3, 0.4) is 0 Å². The van der Waals surface area contributed by atoms with Crippen molar-refractivity contribution in [3.05, 3.63) is 95.1 Å². The van der Waals surface area contributed by atoms with Crippen molar-refractivity contribution in [3.8, 4) is 17.2 Å². The maximum absolute atomic E-state index is 13.0. The summed E-state index contributed by atoms with van der Waals surface area (Å²) < 4.78 is 35.4.